The third-order valence-electron chi connectivity index (χ3n) is 5.71. The lowest BCUT2D eigenvalue weighted by Gasteiger charge is -2.19. The summed E-state index contributed by atoms with van der Waals surface area (Å²) in [5.41, 5.74) is 5.23. The van der Waals surface area contributed by atoms with Crippen molar-refractivity contribution in [1.82, 2.24) is 9.62 Å². The molecule has 0 radical (unpaired) electrons. The Labute approximate surface area is 189 Å². The fourth-order valence-corrected chi connectivity index (χ4v) is 4.79. The number of carbonyl (C=O) groups is 1. The van der Waals surface area contributed by atoms with Gasteiger partial charge in [-0.3, -0.25) is 4.79 Å². The summed E-state index contributed by atoms with van der Waals surface area (Å²) in [5, 5.41) is 2.87. The van der Waals surface area contributed by atoms with E-state index in [4.69, 9.17) is 0 Å². The van der Waals surface area contributed by atoms with E-state index in [1.807, 2.05) is 12.1 Å². The summed E-state index contributed by atoms with van der Waals surface area (Å²) in [7, 11) is -0.651. The minimum Gasteiger partial charge on any atom is -0.367 e. The van der Waals surface area contributed by atoms with E-state index in [-0.39, 0.29) is 10.8 Å². The van der Waals surface area contributed by atoms with Gasteiger partial charge in [-0.25, -0.2) is 12.7 Å². The van der Waals surface area contributed by atoms with Crippen LogP contribution >= 0.6 is 0 Å². The van der Waals surface area contributed by atoms with E-state index < -0.39 is 10.0 Å². The normalized spacial score (nSPS) is 13.3. The first-order valence-electron chi connectivity index (χ1n) is 10.6. The summed E-state index contributed by atoms with van der Waals surface area (Å²) in [4.78, 5) is 15.0. The lowest BCUT2D eigenvalue weighted by atomic mass is 10.1. The molecule has 0 aromatic heterocycles. The van der Waals surface area contributed by atoms with Crippen molar-refractivity contribution in [3.8, 4) is 0 Å². The number of hydrogen-bond acceptors (Lipinski definition) is 4. The molecule has 0 aliphatic carbocycles. The molecule has 0 saturated heterocycles. The molecule has 3 aromatic rings. The summed E-state index contributed by atoms with van der Waals surface area (Å²) in [6.45, 7) is 2.26. The molecule has 1 aliphatic heterocycles. The van der Waals surface area contributed by atoms with Crippen LogP contribution in [0.3, 0.4) is 0 Å². The highest BCUT2D eigenvalue weighted by Crippen LogP contribution is 2.28. The van der Waals surface area contributed by atoms with Gasteiger partial charge in [0.15, 0.2) is 0 Å². The van der Waals surface area contributed by atoms with Crippen molar-refractivity contribution in [2.24, 2.45) is 0 Å². The van der Waals surface area contributed by atoms with Crippen LogP contribution in [0.25, 0.3) is 0 Å². The van der Waals surface area contributed by atoms with Gasteiger partial charge in [-0.05, 0) is 47.4 Å². The molecular formula is C25H27N3O3S. The number of nitrogens with zero attached hydrogens (tertiary/aromatic N) is 2. The summed E-state index contributed by atoms with van der Waals surface area (Å²) < 4.78 is 25.7. The summed E-state index contributed by atoms with van der Waals surface area (Å²) in [5.74, 6) is -0.307. The molecule has 1 amide bonds. The maximum Gasteiger partial charge on any atom is 0.251 e. The molecule has 1 N–H and O–H groups in total. The van der Waals surface area contributed by atoms with Crippen molar-refractivity contribution in [2.45, 2.75) is 24.4 Å². The number of nitrogens with one attached hydrogen (secondary N) is 1. The van der Waals surface area contributed by atoms with Gasteiger partial charge >= 0.3 is 0 Å². The second kappa shape index (κ2) is 9.14. The number of benzene rings is 3. The highest BCUT2D eigenvalue weighted by Gasteiger charge is 2.19. The maximum atomic E-state index is 12.6. The van der Waals surface area contributed by atoms with Crippen molar-refractivity contribution in [3.05, 3.63) is 95.1 Å². The molecule has 0 unspecified atom stereocenters. The lowest BCUT2D eigenvalue weighted by molar-refractivity contribution is 0.0950. The monoisotopic (exact) mass is 449 g/mol. The third-order valence-corrected chi connectivity index (χ3v) is 7.52. The molecule has 6 nitrogen and oxygen atoms in total. The highest BCUT2D eigenvalue weighted by atomic mass is 32.2. The third kappa shape index (κ3) is 4.69. The Morgan fingerprint density at radius 2 is 1.69 bits per heavy atom. The zero-order valence-electron chi connectivity index (χ0n) is 18.3. The molecule has 0 spiro atoms. The topological polar surface area (TPSA) is 69.7 Å². The second-order valence-electron chi connectivity index (χ2n) is 8.11. The van der Waals surface area contributed by atoms with E-state index in [1.54, 1.807) is 12.1 Å². The van der Waals surface area contributed by atoms with Crippen molar-refractivity contribution in [1.29, 1.82) is 0 Å². The SMILES string of the molecule is CN(C)S(=O)(=O)c1cccc(C(=O)NCc2ccc(CN3CCc4ccccc43)cc2)c1. The zero-order valence-corrected chi connectivity index (χ0v) is 19.1. The molecule has 0 saturated carbocycles. The molecule has 32 heavy (non-hydrogen) atoms. The van der Waals surface area contributed by atoms with E-state index in [1.165, 1.54) is 43.0 Å². The van der Waals surface area contributed by atoms with Gasteiger partial charge in [0.2, 0.25) is 10.0 Å². The fourth-order valence-electron chi connectivity index (χ4n) is 3.85. The number of amides is 1. The van der Waals surface area contributed by atoms with Crippen LogP contribution in [0.15, 0.2) is 77.7 Å². The number of carbonyl (C=O) groups excluding carboxylic acids is 1. The molecule has 166 valence electrons. The van der Waals surface area contributed by atoms with E-state index in [0.29, 0.717) is 12.1 Å². The van der Waals surface area contributed by atoms with E-state index >= 15 is 0 Å². The summed E-state index contributed by atoms with van der Waals surface area (Å²) in [6.07, 6.45) is 1.08. The van der Waals surface area contributed by atoms with Gasteiger partial charge in [-0.2, -0.15) is 0 Å². The van der Waals surface area contributed by atoms with Crippen LogP contribution in [-0.2, 0) is 29.5 Å². The van der Waals surface area contributed by atoms with Gasteiger partial charge in [0.1, 0.15) is 0 Å². The number of para-hydroxylation sites is 1. The number of anilines is 1. The first kappa shape index (κ1) is 22.0. The van der Waals surface area contributed by atoms with Gasteiger partial charge in [0.05, 0.1) is 4.90 Å². The van der Waals surface area contributed by atoms with Crippen LogP contribution in [0, 0.1) is 0 Å². The van der Waals surface area contributed by atoms with Crippen molar-refractivity contribution in [2.75, 3.05) is 25.5 Å². The zero-order chi connectivity index (χ0) is 22.7. The molecular weight excluding hydrogens is 422 g/mol. The Bertz CT molecular complexity index is 1220. The van der Waals surface area contributed by atoms with Gasteiger partial charge in [-0.15, -0.1) is 0 Å². The second-order valence-corrected chi connectivity index (χ2v) is 10.3. The first-order valence-corrected chi connectivity index (χ1v) is 12.0. The van der Waals surface area contributed by atoms with Crippen molar-refractivity contribution < 1.29 is 13.2 Å². The van der Waals surface area contributed by atoms with Crippen LogP contribution in [0.5, 0.6) is 0 Å². The first-order chi connectivity index (χ1) is 15.3. The Hall–Kier alpha value is -3.16. The van der Waals surface area contributed by atoms with Crippen LogP contribution in [0.1, 0.15) is 27.0 Å². The fraction of sp³-hybridized carbons (Fsp3) is 0.240. The number of fused-ring (bicyclic) bond motifs is 1. The quantitative estimate of drug-likeness (QED) is 0.600. The number of sulfonamides is 1. The average molecular weight is 450 g/mol. The van der Waals surface area contributed by atoms with Gasteiger partial charge in [-0.1, -0.05) is 48.5 Å². The molecule has 3 aromatic carbocycles. The minimum atomic E-state index is -3.58. The molecule has 0 atom stereocenters. The van der Waals surface area contributed by atoms with Crippen LogP contribution in [-0.4, -0.2) is 39.3 Å². The summed E-state index contributed by atoms with van der Waals surface area (Å²) >= 11 is 0. The Kier molecular flexibility index (Phi) is 6.30. The van der Waals surface area contributed by atoms with Crippen molar-refractivity contribution in [3.63, 3.8) is 0 Å². The standard InChI is InChI=1S/C25H27N3O3S/c1-27(2)32(30,31)23-8-5-7-22(16-23)25(29)26-17-19-10-12-20(13-11-19)18-28-15-14-21-6-3-4-9-24(21)28/h3-13,16H,14-15,17-18H2,1-2H3,(H,26,29). The van der Waals surface area contributed by atoms with Crippen LogP contribution < -0.4 is 10.2 Å². The van der Waals surface area contributed by atoms with E-state index in [9.17, 15) is 13.2 Å². The smallest absolute Gasteiger partial charge is 0.251 e. The van der Waals surface area contributed by atoms with E-state index in [0.717, 1.165) is 29.4 Å². The Morgan fingerprint density at radius 1 is 0.969 bits per heavy atom. The minimum absolute atomic E-state index is 0.1000. The van der Waals surface area contributed by atoms with Crippen LogP contribution in [0.4, 0.5) is 5.69 Å². The van der Waals surface area contributed by atoms with E-state index in [2.05, 4.69) is 46.6 Å². The molecule has 1 heterocycles. The van der Waals surface area contributed by atoms with Crippen LogP contribution in [0.2, 0.25) is 0 Å². The number of hydrogen-bond donors (Lipinski definition) is 1. The Balaban J connectivity index is 1.36. The predicted octanol–water partition coefficient (Wildman–Crippen LogP) is 3.43. The maximum absolute atomic E-state index is 12.6. The van der Waals surface area contributed by atoms with Gasteiger partial charge in [0.25, 0.3) is 5.91 Å². The largest absolute Gasteiger partial charge is 0.367 e. The predicted molar refractivity (Wildman–Crippen MR) is 126 cm³/mol. The Morgan fingerprint density at radius 3 is 2.44 bits per heavy atom. The molecule has 0 bridgehead atoms. The van der Waals surface area contributed by atoms with Crippen molar-refractivity contribution >= 4 is 21.6 Å². The number of rotatable bonds is 7. The average Bonchev–Trinajstić information content (AvgIpc) is 3.21. The lowest BCUT2D eigenvalue weighted by Crippen LogP contribution is -2.25. The summed E-state index contributed by atoms with van der Waals surface area (Å²) in [6, 6.07) is 22.8. The molecule has 7 heteroatoms. The molecule has 1 aliphatic rings. The highest BCUT2D eigenvalue weighted by molar-refractivity contribution is 7.89. The molecule has 0 fully saturated rings. The molecule has 4 rings (SSSR count). The van der Waals surface area contributed by atoms with Gasteiger partial charge < -0.3 is 10.2 Å². The van der Waals surface area contributed by atoms with Gasteiger partial charge in [0, 0.05) is 45.0 Å².